The number of hydrogen-bond acceptors (Lipinski definition) is 6. The van der Waals surface area contributed by atoms with Crippen LogP contribution >= 0.6 is 0 Å². The molecular weight excluding hydrogens is 330 g/mol. The lowest BCUT2D eigenvalue weighted by atomic mass is 10.4. The molecule has 0 saturated heterocycles. The van der Waals surface area contributed by atoms with E-state index in [1.165, 1.54) is 56.4 Å². The molecule has 0 saturated carbocycles. The van der Waals surface area contributed by atoms with Gasteiger partial charge < -0.3 is 0 Å². The predicted molar refractivity (Wildman–Crippen MR) is 79.1 cm³/mol. The van der Waals surface area contributed by atoms with Crippen molar-refractivity contribution in [2.75, 3.05) is 18.8 Å². The largest absolute Gasteiger partial charge is 0.264 e. The zero-order chi connectivity index (χ0) is 16.5. The average Bonchev–Trinajstić information content (AvgIpc) is 2.83. The molecule has 0 radical (unpaired) electrons. The van der Waals surface area contributed by atoms with E-state index >= 15 is 0 Å². The highest BCUT2D eigenvalue weighted by atomic mass is 32.2. The van der Waals surface area contributed by atoms with Gasteiger partial charge in [0.1, 0.15) is 6.33 Å². The lowest BCUT2D eigenvalue weighted by Gasteiger charge is -2.12. The average molecular weight is 345 g/mol. The molecule has 0 atom stereocenters. The summed E-state index contributed by atoms with van der Waals surface area (Å²) in [6.07, 6.45) is 1.21. The third kappa shape index (κ3) is 3.10. The number of nitrogens with zero attached hydrogens (tertiary/aromatic N) is 4. The van der Waals surface area contributed by atoms with Crippen LogP contribution in [0.2, 0.25) is 0 Å². The van der Waals surface area contributed by atoms with E-state index in [1.807, 2.05) is 0 Å². The summed E-state index contributed by atoms with van der Waals surface area (Å²) in [6.45, 7) is 0. The van der Waals surface area contributed by atoms with Crippen molar-refractivity contribution in [1.29, 1.82) is 0 Å². The van der Waals surface area contributed by atoms with Gasteiger partial charge in [-0.2, -0.15) is 10.1 Å². The summed E-state index contributed by atoms with van der Waals surface area (Å²) in [5.41, 5.74) is 0. The molecule has 0 fully saturated rings. The van der Waals surface area contributed by atoms with Gasteiger partial charge in [-0.3, -0.25) is 0 Å². The predicted octanol–water partition coefficient (Wildman–Crippen LogP) is -0.134. The topological polar surface area (TPSA) is 114 Å². The maximum absolute atomic E-state index is 12.2. The Morgan fingerprint density at radius 2 is 1.59 bits per heavy atom. The third-order valence-electron chi connectivity index (χ3n) is 2.85. The van der Waals surface area contributed by atoms with Crippen LogP contribution in [0.1, 0.15) is 0 Å². The number of aryl methyl sites for hydroxylation is 1. The number of sulfonamides is 2. The number of aromatic nitrogens is 3. The molecule has 0 aliphatic carbocycles. The van der Waals surface area contributed by atoms with Crippen LogP contribution in [0.3, 0.4) is 0 Å². The fourth-order valence-electron chi connectivity index (χ4n) is 1.57. The van der Waals surface area contributed by atoms with Crippen molar-refractivity contribution in [1.82, 2.24) is 19.1 Å². The van der Waals surface area contributed by atoms with Gasteiger partial charge >= 0.3 is 0 Å². The van der Waals surface area contributed by atoms with E-state index in [-0.39, 0.29) is 15.7 Å². The molecule has 0 unspecified atom stereocenters. The van der Waals surface area contributed by atoms with Gasteiger partial charge in [0.25, 0.3) is 10.0 Å². The third-order valence-corrected chi connectivity index (χ3v) is 6.02. The Balaban J connectivity index is 2.32. The SMILES string of the molecule is CN(C)S(=O)(=O)c1ccc(S(=O)(=O)Nc2ncnn2C)cc1. The summed E-state index contributed by atoms with van der Waals surface area (Å²) in [5.74, 6) is 0.0602. The van der Waals surface area contributed by atoms with Crippen molar-refractivity contribution >= 4 is 26.0 Å². The van der Waals surface area contributed by atoms with Gasteiger partial charge in [-0.1, -0.05) is 0 Å². The van der Waals surface area contributed by atoms with Gasteiger partial charge in [0.15, 0.2) is 0 Å². The minimum absolute atomic E-state index is 0.00936. The van der Waals surface area contributed by atoms with E-state index < -0.39 is 20.0 Å². The summed E-state index contributed by atoms with van der Waals surface area (Å²) < 4.78 is 52.8. The normalized spacial score (nSPS) is 12.5. The highest BCUT2D eigenvalue weighted by Gasteiger charge is 2.20. The lowest BCUT2D eigenvalue weighted by Crippen LogP contribution is -2.22. The molecule has 0 amide bonds. The molecule has 2 aromatic rings. The summed E-state index contributed by atoms with van der Waals surface area (Å²) in [4.78, 5) is 3.70. The van der Waals surface area contributed by atoms with E-state index in [0.29, 0.717) is 0 Å². The van der Waals surface area contributed by atoms with Crippen molar-refractivity contribution < 1.29 is 16.8 Å². The number of anilines is 1. The number of hydrogen-bond donors (Lipinski definition) is 1. The van der Waals surface area contributed by atoms with Gasteiger partial charge in [-0.05, 0) is 24.3 Å². The van der Waals surface area contributed by atoms with Crippen LogP contribution in [-0.4, -0.2) is 50.0 Å². The molecule has 11 heteroatoms. The maximum atomic E-state index is 12.2. The summed E-state index contributed by atoms with van der Waals surface area (Å²) >= 11 is 0. The molecule has 1 aromatic heterocycles. The molecular formula is C11H15N5O4S2. The van der Waals surface area contributed by atoms with Gasteiger partial charge in [0.2, 0.25) is 16.0 Å². The van der Waals surface area contributed by atoms with Crippen molar-refractivity contribution in [3.05, 3.63) is 30.6 Å². The first-order chi connectivity index (χ1) is 10.1. The molecule has 22 heavy (non-hydrogen) atoms. The lowest BCUT2D eigenvalue weighted by molar-refractivity contribution is 0.520. The second-order valence-corrected chi connectivity index (χ2v) is 8.41. The first-order valence-electron chi connectivity index (χ1n) is 6.04. The Labute approximate surface area is 128 Å². The van der Waals surface area contributed by atoms with Gasteiger partial charge in [0.05, 0.1) is 9.79 Å². The summed E-state index contributed by atoms with van der Waals surface area (Å²) in [6, 6.07) is 4.91. The van der Waals surface area contributed by atoms with E-state index in [0.717, 1.165) is 4.31 Å². The van der Waals surface area contributed by atoms with Crippen LogP contribution in [0, 0.1) is 0 Å². The summed E-state index contributed by atoms with van der Waals surface area (Å²) in [5, 5.41) is 3.75. The maximum Gasteiger partial charge on any atom is 0.264 e. The number of benzene rings is 1. The van der Waals surface area contributed by atoms with Crippen LogP contribution in [0.15, 0.2) is 40.4 Å². The van der Waals surface area contributed by atoms with E-state index in [9.17, 15) is 16.8 Å². The molecule has 1 aromatic carbocycles. The monoisotopic (exact) mass is 345 g/mol. The van der Waals surface area contributed by atoms with Gasteiger partial charge in [0, 0.05) is 21.1 Å². The standard InChI is InChI=1S/C11H15N5O4S2/c1-15(2)22(19,20)10-6-4-9(5-7-10)21(17,18)14-11-12-8-13-16(11)3/h4-8H,1-3H3,(H,12,13,14). The first-order valence-corrected chi connectivity index (χ1v) is 8.96. The number of rotatable bonds is 5. The van der Waals surface area contributed by atoms with Crippen molar-refractivity contribution in [2.24, 2.45) is 7.05 Å². The summed E-state index contributed by atoms with van der Waals surface area (Å²) in [7, 11) is -3.14. The Kier molecular flexibility index (Phi) is 4.22. The fraction of sp³-hybridized carbons (Fsp3) is 0.273. The molecule has 1 heterocycles. The second-order valence-electron chi connectivity index (χ2n) is 4.57. The minimum atomic E-state index is -3.87. The molecule has 0 spiro atoms. The van der Waals surface area contributed by atoms with Crippen LogP contribution < -0.4 is 4.72 Å². The highest BCUT2D eigenvalue weighted by molar-refractivity contribution is 7.92. The Bertz CT molecular complexity index is 869. The Morgan fingerprint density at radius 1 is 1.05 bits per heavy atom. The number of nitrogens with one attached hydrogen (secondary N) is 1. The second kappa shape index (κ2) is 5.66. The molecule has 1 N–H and O–H groups in total. The van der Waals surface area contributed by atoms with Crippen LogP contribution in [0.5, 0.6) is 0 Å². The quantitative estimate of drug-likeness (QED) is 0.807. The van der Waals surface area contributed by atoms with Crippen molar-refractivity contribution in [3.63, 3.8) is 0 Å². The molecule has 9 nitrogen and oxygen atoms in total. The van der Waals surface area contributed by atoms with Crippen LogP contribution in [0.25, 0.3) is 0 Å². The van der Waals surface area contributed by atoms with Crippen molar-refractivity contribution in [3.8, 4) is 0 Å². The van der Waals surface area contributed by atoms with E-state index in [2.05, 4.69) is 14.8 Å². The smallest absolute Gasteiger partial charge is 0.247 e. The molecule has 0 aliphatic rings. The zero-order valence-corrected chi connectivity index (χ0v) is 13.8. The zero-order valence-electron chi connectivity index (χ0n) is 12.1. The molecule has 2 rings (SSSR count). The van der Waals surface area contributed by atoms with Crippen LogP contribution in [-0.2, 0) is 27.1 Å². The van der Waals surface area contributed by atoms with E-state index in [4.69, 9.17) is 0 Å². The fourth-order valence-corrected chi connectivity index (χ4v) is 3.51. The molecule has 0 aliphatic heterocycles. The van der Waals surface area contributed by atoms with Gasteiger partial charge in [-0.25, -0.2) is 30.5 Å². The van der Waals surface area contributed by atoms with Crippen molar-refractivity contribution in [2.45, 2.75) is 9.79 Å². The van der Waals surface area contributed by atoms with Crippen LogP contribution in [0.4, 0.5) is 5.95 Å². The van der Waals surface area contributed by atoms with E-state index in [1.54, 1.807) is 0 Å². The minimum Gasteiger partial charge on any atom is -0.247 e. The molecule has 0 bridgehead atoms. The highest BCUT2D eigenvalue weighted by Crippen LogP contribution is 2.18. The van der Waals surface area contributed by atoms with Gasteiger partial charge in [-0.15, -0.1) is 0 Å². The first kappa shape index (κ1) is 16.4. The molecule has 120 valence electrons. The Hall–Kier alpha value is -1.98. The Morgan fingerprint density at radius 3 is 2.05 bits per heavy atom.